The van der Waals surface area contributed by atoms with Crippen LogP contribution in [0.15, 0.2) is 30.4 Å². The minimum atomic E-state index is 0.594. The SMILES string of the molecule is [2H]c1c(C)c(C)c(C)c(-c2ccccc2C)[n+]1C. The maximum Gasteiger partial charge on any atom is 0.215 e. The van der Waals surface area contributed by atoms with E-state index in [2.05, 4.69) is 45.0 Å². The van der Waals surface area contributed by atoms with Crippen LogP contribution in [0.1, 0.15) is 23.6 Å². The standard InChI is InChI=1S/C16H20N/c1-11-8-6-7-9-15(11)16-14(4)13(3)12(2)10-17(16)5/h6-10H,1-5H3/q+1/i10D. The highest BCUT2D eigenvalue weighted by Crippen LogP contribution is 2.25. The number of rotatable bonds is 1. The maximum atomic E-state index is 8.21. The van der Waals surface area contributed by atoms with Crippen LogP contribution in [-0.4, -0.2) is 0 Å². The Balaban J connectivity index is 2.85. The van der Waals surface area contributed by atoms with E-state index in [1.807, 2.05) is 18.5 Å². The smallest absolute Gasteiger partial charge is 0.201 e. The summed E-state index contributed by atoms with van der Waals surface area (Å²) < 4.78 is 10.2. The fourth-order valence-corrected chi connectivity index (χ4v) is 2.32. The Labute approximate surface area is 105 Å². The molecule has 88 valence electrons. The van der Waals surface area contributed by atoms with E-state index in [9.17, 15) is 0 Å². The summed E-state index contributed by atoms with van der Waals surface area (Å²) in [6.07, 6.45) is 0.594. The van der Waals surface area contributed by atoms with Crippen molar-refractivity contribution in [3.63, 3.8) is 0 Å². The minimum absolute atomic E-state index is 0.594. The molecule has 0 unspecified atom stereocenters. The number of benzene rings is 1. The van der Waals surface area contributed by atoms with Gasteiger partial charge in [0.25, 0.3) is 0 Å². The van der Waals surface area contributed by atoms with Gasteiger partial charge in [0.05, 0.1) is 0 Å². The van der Waals surface area contributed by atoms with E-state index in [0.29, 0.717) is 6.17 Å². The van der Waals surface area contributed by atoms with Crippen LogP contribution >= 0.6 is 0 Å². The second-order valence-electron chi connectivity index (χ2n) is 4.71. The van der Waals surface area contributed by atoms with Crippen molar-refractivity contribution in [2.24, 2.45) is 7.05 Å². The summed E-state index contributed by atoms with van der Waals surface area (Å²) >= 11 is 0. The van der Waals surface area contributed by atoms with E-state index in [1.165, 1.54) is 22.3 Å². The molecule has 1 aromatic heterocycles. The van der Waals surface area contributed by atoms with E-state index in [0.717, 1.165) is 11.3 Å². The van der Waals surface area contributed by atoms with E-state index >= 15 is 0 Å². The van der Waals surface area contributed by atoms with E-state index < -0.39 is 0 Å². The molecule has 1 heteroatoms. The summed E-state index contributed by atoms with van der Waals surface area (Å²) in [5, 5.41) is 0. The zero-order valence-electron chi connectivity index (χ0n) is 12.3. The molecule has 1 nitrogen and oxygen atoms in total. The third-order valence-corrected chi connectivity index (χ3v) is 3.55. The van der Waals surface area contributed by atoms with Crippen LogP contribution in [0.25, 0.3) is 11.3 Å². The fourth-order valence-electron chi connectivity index (χ4n) is 2.32. The molecule has 0 N–H and O–H groups in total. The molecule has 0 saturated heterocycles. The van der Waals surface area contributed by atoms with Gasteiger partial charge in [-0.1, -0.05) is 18.2 Å². The van der Waals surface area contributed by atoms with E-state index in [-0.39, 0.29) is 0 Å². The molecule has 0 radical (unpaired) electrons. The highest BCUT2D eigenvalue weighted by molar-refractivity contribution is 5.65. The van der Waals surface area contributed by atoms with Crippen LogP contribution in [0.4, 0.5) is 0 Å². The average Bonchev–Trinajstić information content (AvgIpc) is 2.36. The number of nitrogens with zero attached hydrogens (tertiary/aromatic N) is 1. The van der Waals surface area contributed by atoms with Crippen LogP contribution in [0.3, 0.4) is 0 Å². The summed E-state index contributed by atoms with van der Waals surface area (Å²) in [4.78, 5) is 0. The topological polar surface area (TPSA) is 3.88 Å². The lowest BCUT2D eigenvalue weighted by Gasteiger charge is -2.10. The first-order valence-electron chi connectivity index (χ1n) is 6.47. The number of aromatic nitrogens is 1. The molecule has 1 heterocycles. The van der Waals surface area contributed by atoms with Gasteiger partial charge in [-0.25, -0.2) is 4.57 Å². The lowest BCUT2D eigenvalue weighted by atomic mass is 9.97. The Bertz CT molecular complexity index is 586. The van der Waals surface area contributed by atoms with Gasteiger partial charge >= 0.3 is 0 Å². The summed E-state index contributed by atoms with van der Waals surface area (Å²) in [7, 11) is 1.98. The molecule has 0 aliphatic carbocycles. The first kappa shape index (κ1) is 10.5. The van der Waals surface area contributed by atoms with Crippen molar-refractivity contribution in [2.45, 2.75) is 27.7 Å². The fraction of sp³-hybridized carbons (Fsp3) is 0.312. The van der Waals surface area contributed by atoms with Crippen LogP contribution < -0.4 is 4.57 Å². The van der Waals surface area contributed by atoms with E-state index in [4.69, 9.17) is 1.37 Å². The predicted octanol–water partition coefficient (Wildman–Crippen LogP) is 3.41. The summed E-state index contributed by atoms with van der Waals surface area (Å²) in [5.74, 6) is 0. The molecule has 0 bridgehead atoms. The van der Waals surface area contributed by atoms with Crippen molar-refractivity contribution in [1.29, 1.82) is 0 Å². The van der Waals surface area contributed by atoms with Crippen molar-refractivity contribution >= 4 is 0 Å². The summed E-state index contributed by atoms with van der Waals surface area (Å²) in [5.41, 5.74) is 7.16. The lowest BCUT2D eigenvalue weighted by molar-refractivity contribution is -0.661. The van der Waals surface area contributed by atoms with Gasteiger partial charge in [0.1, 0.15) is 8.42 Å². The molecular formula is C16H20N+. The van der Waals surface area contributed by atoms with Crippen LogP contribution in [0.5, 0.6) is 0 Å². The molecule has 17 heavy (non-hydrogen) atoms. The monoisotopic (exact) mass is 227 g/mol. The molecule has 1 aromatic carbocycles. The Hall–Kier alpha value is -1.63. The Kier molecular flexibility index (Phi) is 2.68. The first-order chi connectivity index (χ1) is 8.45. The predicted molar refractivity (Wildman–Crippen MR) is 72.0 cm³/mol. The van der Waals surface area contributed by atoms with E-state index in [1.54, 1.807) is 0 Å². The van der Waals surface area contributed by atoms with Gasteiger partial charge in [0.2, 0.25) is 5.69 Å². The Morgan fingerprint density at radius 2 is 1.59 bits per heavy atom. The number of hydrogen-bond acceptors (Lipinski definition) is 0. The molecule has 0 aliphatic rings. The average molecular weight is 227 g/mol. The number of aryl methyl sites for hydroxylation is 1. The Morgan fingerprint density at radius 3 is 2.24 bits per heavy atom. The molecular weight excluding hydrogens is 206 g/mol. The molecule has 2 rings (SSSR count). The van der Waals surface area contributed by atoms with Crippen molar-refractivity contribution < 1.29 is 5.94 Å². The van der Waals surface area contributed by atoms with Crippen molar-refractivity contribution in [1.82, 2.24) is 0 Å². The number of hydrogen-bond donors (Lipinski definition) is 0. The van der Waals surface area contributed by atoms with Gasteiger partial charge in [-0.3, -0.25) is 0 Å². The third-order valence-electron chi connectivity index (χ3n) is 3.55. The largest absolute Gasteiger partial charge is 0.215 e. The maximum absolute atomic E-state index is 8.21. The summed E-state index contributed by atoms with van der Waals surface area (Å²) in [6, 6.07) is 8.36. The van der Waals surface area contributed by atoms with Crippen molar-refractivity contribution in [3.8, 4) is 11.3 Å². The molecule has 0 saturated carbocycles. The number of pyridine rings is 1. The first-order valence-corrected chi connectivity index (χ1v) is 5.97. The second-order valence-corrected chi connectivity index (χ2v) is 4.71. The van der Waals surface area contributed by atoms with Crippen molar-refractivity contribution in [3.05, 3.63) is 52.7 Å². The molecule has 0 spiro atoms. The van der Waals surface area contributed by atoms with Gasteiger partial charge in [0, 0.05) is 16.7 Å². The normalized spacial score (nSPS) is 11.5. The highest BCUT2D eigenvalue weighted by atomic mass is 14.9. The van der Waals surface area contributed by atoms with Gasteiger partial charge < -0.3 is 0 Å². The van der Waals surface area contributed by atoms with Gasteiger partial charge in [0.15, 0.2) is 6.17 Å². The second kappa shape index (κ2) is 4.33. The zero-order chi connectivity index (χ0) is 13.4. The Morgan fingerprint density at radius 1 is 0.941 bits per heavy atom. The minimum Gasteiger partial charge on any atom is -0.201 e. The van der Waals surface area contributed by atoms with Crippen LogP contribution in [-0.2, 0) is 7.05 Å². The molecule has 0 fully saturated rings. The highest BCUT2D eigenvalue weighted by Gasteiger charge is 2.18. The van der Waals surface area contributed by atoms with Crippen LogP contribution in [0, 0.1) is 27.7 Å². The quantitative estimate of drug-likeness (QED) is 0.657. The lowest BCUT2D eigenvalue weighted by Crippen LogP contribution is -2.33. The molecule has 0 aliphatic heterocycles. The third kappa shape index (κ3) is 1.97. The summed E-state index contributed by atoms with van der Waals surface area (Å²) in [6.45, 7) is 8.38. The molecule has 2 aromatic rings. The van der Waals surface area contributed by atoms with Gasteiger partial charge in [-0.2, -0.15) is 0 Å². The molecule has 0 amide bonds. The van der Waals surface area contributed by atoms with Gasteiger partial charge in [-0.05, 0) is 44.9 Å². The molecule has 0 atom stereocenters. The zero-order valence-corrected chi connectivity index (χ0v) is 11.3. The van der Waals surface area contributed by atoms with Gasteiger partial charge in [-0.15, -0.1) is 0 Å². The van der Waals surface area contributed by atoms with Crippen molar-refractivity contribution in [2.75, 3.05) is 0 Å². The van der Waals surface area contributed by atoms with Crippen LogP contribution in [0.2, 0.25) is 0 Å².